The molecular weight excluding hydrogens is 184 g/mol. The Kier molecular flexibility index (Phi) is 3.07. The predicted molar refractivity (Wildman–Crippen MR) is 62.4 cm³/mol. The maximum atomic E-state index is 5.89. The molecule has 0 saturated heterocycles. The maximum Gasteiger partial charge on any atom is 0.0598 e. The Bertz CT molecular complexity index is 258. The van der Waals surface area contributed by atoms with E-state index in [4.69, 9.17) is 4.74 Å². The third-order valence-electron chi connectivity index (χ3n) is 3.55. The molecule has 15 heavy (non-hydrogen) atoms. The molecule has 0 N–H and O–H groups in total. The van der Waals surface area contributed by atoms with Crippen LogP contribution in [-0.2, 0) is 4.74 Å². The van der Waals surface area contributed by atoms with Crippen LogP contribution in [0.15, 0.2) is 0 Å². The summed E-state index contributed by atoms with van der Waals surface area (Å²) in [5.41, 5.74) is 0.0222. The highest BCUT2D eigenvalue weighted by Crippen LogP contribution is 2.52. The monoisotopic (exact) mass is 206 g/mol. The topological polar surface area (TPSA) is 9.23 Å². The molecule has 0 spiro atoms. The van der Waals surface area contributed by atoms with E-state index in [0.717, 1.165) is 37.2 Å². The summed E-state index contributed by atoms with van der Waals surface area (Å²) in [4.78, 5) is 0. The Balaban J connectivity index is 1.78. The molecule has 0 aromatic heterocycles. The van der Waals surface area contributed by atoms with Crippen molar-refractivity contribution in [1.29, 1.82) is 0 Å². The lowest BCUT2D eigenvalue weighted by molar-refractivity contribution is -0.0122. The van der Waals surface area contributed by atoms with E-state index in [1.54, 1.807) is 0 Å². The zero-order valence-electron chi connectivity index (χ0n) is 10.2. The first-order chi connectivity index (χ1) is 7.08. The van der Waals surface area contributed by atoms with Crippen LogP contribution in [0.5, 0.6) is 0 Å². The highest BCUT2D eigenvalue weighted by atomic mass is 16.5. The van der Waals surface area contributed by atoms with Gasteiger partial charge in [0.2, 0.25) is 0 Å². The fraction of sp³-hybridized carbons (Fsp3) is 0.857. The van der Waals surface area contributed by atoms with Gasteiger partial charge in [-0.2, -0.15) is 0 Å². The van der Waals surface area contributed by atoms with Crippen molar-refractivity contribution in [3.63, 3.8) is 0 Å². The van der Waals surface area contributed by atoms with Gasteiger partial charge in [0.1, 0.15) is 0 Å². The third-order valence-corrected chi connectivity index (χ3v) is 3.55. The molecule has 0 bridgehead atoms. The smallest absolute Gasteiger partial charge is 0.0598 e. The van der Waals surface area contributed by atoms with Crippen molar-refractivity contribution in [3.8, 4) is 11.8 Å². The first kappa shape index (κ1) is 11.0. The van der Waals surface area contributed by atoms with E-state index in [1.165, 1.54) is 12.8 Å². The van der Waals surface area contributed by atoms with Crippen molar-refractivity contribution in [2.24, 2.45) is 17.8 Å². The molecule has 0 aromatic carbocycles. The lowest BCUT2D eigenvalue weighted by Gasteiger charge is -2.19. The van der Waals surface area contributed by atoms with Crippen LogP contribution in [0.4, 0.5) is 0 Å². The standard InChI is InChI=1S/C14H22O/c1-14(2,3)15-10-13-11-8-6-4-5-7-9-12(11)13/h11-13H,6-10H2,1-3H3/t11-,12+,13+. The summed E-state index contributed by atoms with van der Waals surface area (Å²) >= 11 is 0. The minimum absolute atomic E-state index is 0.0222. The van der Waals surface area contributed by atoms with Gasteiger partial charge in [-0.05, 0) is 51.4 Å². The average molecular weight is 206 g/mol. The highest BCUT2D eigenvalue weighted by Gasteiger charge is 2.48. The number of fused-ring (bicyclic) bond motifs is 1. The number of hydrogen-bond acceptors (Lipinski definition) is 1. The molecule has 2 rings (SSSR count). The molecule has 1 fully saturated rings. The zero-order valence-corrected chi connectivity index (χ0v) is 10.2. The normalized spacial score (nSPS) is 34.5. The van der Waals surface area contributed by atoms with Crippen molar-refractivity contribution in [2.75, 3.05) is 6.61 Å². The van der Waals surface area contributed by atoms with E-state index in [2.05, 4.69) is 32.6 Å². The first-order valence-electron chi connectivity index (χ1n) is 6.17. The van der Waals surface area contributed by atoms with Crippen molar-refractivity contribution in [2.45, 2.75) is 52.1 Å². The lowest BCUT2D eigenvalue weighted by atomic mass is 10.1. The van der Waals surface area contributed by atoms with E-state index in [9.17, 15) is 0 Å². The Labute approximate surface area is 93.6 Å². The molecule has 0 unspecified atom stereocenters. The summed E-state index contributed by atoms with van der Waals surface area (Å²) in [6, 6.07) is 0. The minimum atomic E-state index is 0.0222. The number of rotatable bonds is 2. The van der Waals surface area contributed by atoms with E-state index < -0.39 is 0 Å². The van der Waals surface area contributed by atoms with Gasteiger partial charge >= 0.3 is 0 Å². The van der Waals surface area contributed by atoms with Gasteiger partial charge in [0.25, 0.3) is 0 Å². The van der Waals surface area contributed by atoms with Gasteiger partial charge in [-0.3, -0.25) is 0 Å². The molecule has 0 heterocycles. The zero-order chi connectivity index (χ0) is 10.9. The molecule has 1 nitrogen and oxygen atoms in total. The Morgan fingerprint density at radius 1 is 1.07 bits per heavy atom. The Morgan fingerprint density at radius 3 is 2.07 bits per heavy atom. The SMILES string of the molecule is CC(C)(C)OC[C@H]1[C@@H]2CCC#CCC[C@@H]21. The second-order valence-electron chi connectivity index (χ2n) is 5.85. The van der Waals surface area contributed by atoms with E-state index in [-0.39, 0.29) is 5.60 Å². The first-order valence-corrected chi connectivity index (χ1v) is 6.17. The third kappa shape index (κ3) is 2.98. The lowest BCUT2D eigenvalue weighted by Crippen LogP contribution is -2.21. The number of ether oxygens (including phenoxy) is 1. The van der Waals surface area contributed by atoms with Crippen LogP contribution >= 0.6 is 0 Å². The highest BCUT2D eigenvalue weighted by molar-refractivity contribution is 5.07. The number of hydrogen-bond donors (Lipinski definition) is 0. The van der Waals surface area contributed by atoms with Gasteiger partial charge in [0, 0.05) is 12.8 Å². The Morgan fingerprint density at radius 2 is 1.60 bits per heavy atom. The molecule has 0 aliphatic heterocycles. The second kappa shape index (κ2) is 4.18. The predicted octanol–water partition coefficient (Wildman–Crippen LogP) is 3.24. The van der Waals surface area contributed by atoms with Gasteiger partial charge in [-0.15, -0.1) is 11.8 Å². The molecule has 1 saturated carbocycles. The van der Waals surface area contributed by atoms with Gasteiger partial charge in [-0.25, -0.2) is 0 Å². The van der Waals surface area contributed by atoms with Crippen LogP contribution in [0.1, 0.15) is 46.5 Å². The molecule has 3 atom stereocenters. The largest absolute Gasteiger partial charge is 0.376 e. The fourth-order valence-corrected chi connectivity index (χ4v) is 2.63. The minimum Gasteiger partial charge on any atom is -0.376 e. The van der Waals surface area contributed by atoms with Crippen molar-refractivity contribution in [3.05, 3.63) is 0 Å². The van der Waals surface area contributed by atoms with Crippen molar-refractivity contribution < 1.29 is 4.74 Å². The maximum absolute atomic E-state index is 5.89. The molecule has 2 aliphatic rings. The molecule has 0 amide bonds. The fourth-order valence-electron chi connectivity index (χ4n) is 2.63. The van der Waals surface area contributed by atoms with Gasteiger partial charge in [0.05, 0.1) is 12.2 Å². The molecule has 0 aromatic rings. The van der Waals surface area contributed by atoms with Gasteiger partial charge in [0.15, 0.2) is 0 Å². The van der Waals surface area contributed by atoms with Crippen LogP contribution in [0.3, 0.4) is 0 Å². The molecule has 0 radical (unpaired) electrons. The summed E-state index contributed by atoms with van der Waals surface area (Å²) in [6.45, 7) is 7.38. The molecule has 1 heteroatoms. The van der Waals surface area contributed by atoms with Crippen LogP contribution in [-0.4, -0.2) is 12.2 Å². The quantitative estimate of drug-likeness (QED) is 0.630. The van der Waals surface area contributed by atoms with Gasteiger partial charge in [-0.1, -0.05) is 0 Å². The second-order valence-corrected chi connectivity index (χ2v) is 5.85. The van der Waals surface area contributed by atoms with E-state index in [0.29, 0.717) is 0 Å². The van der Waals surface area contributed by atoms with Crippen LogP contribution in [0.2, 0.25) is 0 Å². The molecule has 2 aliphatic carbocycles. The van der Waals surface area contributed by atoms with Crippen molar-refractivity contribution >= 4 is 0 Å². The van der Waals surface area contributed by atoms with E-state index in [1.807, 2.05) is 0 Å². The summed E-state index contributed by atoms with van der Waals surface area (Å²) in [7, 11) is 0. The van der Waals surface area contributed by atoms with Crippen LogP contribution in [0.25, 0.3) is 0 Å². The van der Waals surface area contributed by atoms with Crippen molar-refractivity contribution in [1.82, 2.24) is 0 Å². The molecular formula is C14H22O. The molecule has 84 valence electrons. The summed E-state index contributed by atoms with van der Waals surface area (Å²) in [5, 5.41) is 0. The van der Waals surface area contributed by atoms with E-state index >= 15 is 0 Å². The Hall–Kier alpha value is -0.480. The van der Waals surface area contributed by atoms with Gasteiger partial charge < -0.3 is 4.74 Å². The summed E-state index contributed by atoms with van der Waals surface area (Å²) < 4.78 is 5.89. The summed E-state index contributed by atoms with van der Waals surface area (Å²) in [6.07, 6.45) is 4.81. The average Bonchev–Trinajstić information content (AvgIpc) is 2.71. The summed E-state index contributed by atoms with van der Waals surface area (Å²) in [5.74, 6) is 9.15. The van der Waals surface area contributed by atoms with Crippen LogP contribution in [0, 0.1) is 29.6 Å². The van der Waals surface area contributed by atoms with Crippen LogP contribution < -0.4 is 0 Å².